The Bertz CT molecular complexity index is 625. The summed E-state index contributed by atoms with van der Waals surface area (Å²) in [6, 6.07) is 17.2. The van der Waals surface area contributed by atoms with Crippen LogP contribution in [-0.4, -0.2) is 37.6 Å². The normalized spacial score (nSPS) is 18.0. The van der Waals surface area contributed by atoms with Gasteiger partial charge in [-0.3, -0.25) is 4.79 Å². The van der Waals surface area contributed by atoms with Crippen molar-refractivity contribution in [1.29, 1.82) is 0 Å². The molecule has 4 heteroatoms. The molecular formula is C18H19NO3. The highest BCUT2D eigenvalue weighted by atomic mass is 16.5. The number of rotatable bonds is 3. The van der Waals surface area contributed by atoms with Gasteiger partial charge in [-0.05, 0) is 29.8 Å². The molecule has 22 heavy (non-hydrogen) atoms. The van der Waals surface area contributed by atoms with Crippen molar-refractivity contribution in [3.63, 3.8) is 0 Å². The van der Waals surface area contributed by atoms with Gasteiger partial charge in [-0.1, -0.05) is 30.3 Å². The summed E-state index contributed by atoms with van der Waals surface area (Å²) in [5.41, 5.74) is 1.78. The summed E-state index contributed by atoms with van der Waals surface area (Å²) in [5, 5.41) is 0. The standard InChI is InChI=1S/C18H19NO3/c1-21-16-9-7-14(8-10-16)17-13-19(11-12-22-17)18(20)15-5-3-2-4-6-15/h2-10,17H,11-13H2,1H3. The van der Waals surface area contributed by atoms with Crippen molar-refractivity contribution >= 4 is 5.91 Å². The van der Waals surface area contributed by atoms with E-state index in [0.29, 0.717) is 19.7 Å². The van der Waals surface area contributed by atoms with Crippen molar-refractivity contribution in [3.8, 4) is 5.75 Å². The molecule has 0 bridgehead atoms. The Morgan fingerprint density at radius 1 is 1.14 bits per heavy atom. The largest absolute Gasteiger partial charge is 0.497 e. The van der Waals surface area contributed by atoms with Gasteiger partial charge in [0.1, 0.15) is 11.9 Å². The minimum absolute atomic E-state index is 0.0578. The van der Waals surface area contributed by atoms with E-state index in [0.717, 1.165) is 16.9 Å². The Labute approximate surface area is 130 Å². The molecule has 0 aliphatic carbocycles. The van der Waals surface area contributed by atoms with Crippen LogP contribution in [0, 0.1) is 0 Å². The van der Waals surface area contributed by atoms with Crippen LogP contribution in [0.2, 0.25) is 0 Å². The molecule has 0 radical (unpaired) electrons. The van der Waals surface area contributed by atoms with Crippen molar-refractivity contribution in [3.05, 3.63) is 65.7 Å². The first-order valence-corrected chi connectivity index (χ1v) is 7.38. The first-order valence-electron chi connectivity index (χ1n) is 7.38. The maximum atomic E-state index is 12.5. The predicted octanol–water partition coefficient (Wildman–Crippen LogP) is 2.91. The average molecular weight is 297 g/mol. The van der Waals surface area contributed by atoms with E-state index in [2.05, 4.69) is 0 Å². The van der Waals surface area contributed by atoms with Gasteiger partial charge in [0.15, 0.2) is 0 Å². The van der Waals surface area contributed by atoms with Gasteiger partial charge >= 0.3 is 0 Å². The number of hydrogen-bond acceptors (Lipinski definition) is 3. The van der Waals surface area contributed by atoms with E-state index < -0.39 is 0 Å². The topological polar surface area (TPSA) is 38.8 Å². The first-order chi connectivity index (χ1) is 10.8. The summed E-state index contributed by atoms with van der Waals surface area (Å²) in [6.07, 6.45) is -0.0904. The lowest BCUT2D eigenvalue weighted by Gasteiger charge is -2.33. The van der Waals surface area contributed by atoms with E-state index in [1.54, 1.807) is 7.11 Å². The van der Waals surface area contributed by atoms with Crippen molar-refractivity contribution in [2.75, 3.05) is 26.8 Å². The molecule has 1 unspecified atom stereocenters. The van der Waals surface area contributed by atoms with Crippen LogP contribution in [0.4, 0.5) is 0 Å². The second-order valence-corrected chi connectivity index (χ2v) is 5.25. The molecule has 3 rings (SSSR count). The zero-order chi connectivity index (χ0) is 15.4. The first kappa shape index (κ1) is 14.6. The SMILES string of the molecule is COc1ccc(C2CN(C(=O)c3ccccc3)CCO2)cc1. The van der Waals surface area contributed by atoms with Gasteiger partial charge in [0.2, 0.25) is 0 Å². The van der Waals surface area contributed by atoms with Crippen LogP contribution in [0.15, 0.2) is 54.6 Å². The Balaban J connectivity index is 1.72. The second kappa shape index (κ2) is 6.62. The summed E-state index contributed by atoms with van der Waals surface area (Å²) in [5.74, 6) is 0.874. The number of carbonyl (C=O) groups is 1. The molecule has 0 saturated carbocycles. The van der Waals surface area contributed by atoms with Crippen LogP contribution >= 0.6 is 0 Å². The number of carbonyl (C=O) groups excluding carboxylic acids is 1. The molecule has 114 valence electrons. The van der Waals surface area contributed by atoms with Gasteiger partial charge in [-0.15, -0.1) is 0 Å². The third-order valence-electron chi connectivity index (χ3n) is 3.86. The molecule has 1 aliphatic rings. The lowest BCUT2D eigenvalue weighted by molar-refractivity contribution is -0.0228. The molecule has 2 aromatic rings. The van der Waals surface area contributed by atoms with E-state index in [-0.39, 0.29) is 12.0 Å². The van der Waals surface area contributed by atoms with Gasteiger partial charge in [-0.2, -0.15) is 0 Å². The van der Waals surface area contributed by atoms with Crippen LogP contribution in [-0.2, 0) is 4.74 Å². The molecule has 0 aromatic heterocycles. The van der Waals surface area contributed by atoms with Crippen molar-refractivity contribution in [2.24, 2.45) is 0 Å². The maximum Gasteiger partial charge on any atom is 0.254 e. The van der Waals surface area contributed by atoms with Gasteiger partial charge in [0.05, 0.1) is 20.3 Å². The van der Waals surface area contributed by atoms with E-state index in [9.17, 15) is 4.79 Å². The Kier molecular flexibility index (Phi) is 4.39. The van der Waals surface area contributed by atoms with Crippen LogP contribution in [0.5, 0.6) is 5.75 Å². The highest BCUT2D eigenvalue weighted by Gasteiger charge is 2.26. The van der Waals surface area contributed by atoms with E-state index in [4.69, 9.17) is 9.47 Å². The zero-order valence-electron chi connectivity index (χ0n) is 12.6. The number of ether oxygens (including phenoxy) is 2. The molecule has 0 N–H and O–H groups in total. The molecule has 2 aromatic carbocycles. The molecule has 1 heterocycles. The number of hydrogen-bond donors (Lipinski definition) is 0. The van der Waals surface area contributed by atoms with Gasteiger partial charge < -0.3 is 14.4 Å². The predicted molar refractivity (Wildman–Crippen MR) is 84.0 cm³/mol. The quantitative estimate of drug-likeness (QED) is 0.874. The molecule has 1 aliphatic heterocycles. The van der Waals surface area contributed by atoms with E-state index >= 15 is 0 Å². The summed E-state index contributed by atoms with van der Waals surface area (Å²) >= 11 is 0. The van der Waals surface area contributed by atoms with E-state index in [1.165, 1.54) is 0 Å². The minimum atomic E-state index is -0.0904. The van der Waals surface area contributed by atoms with Crippen molar-refractivity contribution in [2.45, 2.75) is 6.10 Å². The summed E-state index contributed by atoms with van der Waals surface area (Å²) < 4.78 is 11.0. The lowest BCUT2D eigenvalue weighted by Crippen LogP contribution is -2.42. The monoisotopic (exact) mass is 297 g/mol. The molecule has 0 spiro atoms. The van der Waals surface area contributed by atoms with Gasteiger partial charge in [0, 0.05) is 12.1 Å². The van der Waals surface area contributed by atoms with Crippen LogP contribution in [0.25, 0.3) is 0 Å². The number of methoxy groups -OCH3 is 1. The second-order valence-electron chi connectivity index (χ2n) is 5.25. The molecule has 1 fully saturated rings. The lowest BCUT2D eigenvalue weighted by atomic mass is 10.1. The maximum absolute atomic E-state index is 12.5. The van der Waals surface area contributed by atoms with Crippen LogP contribution in [0.1, 0.15) is 22.0 Å². The fourth-order valence-electron chi connectivity index (χ4n) is 2.62. The smallest absolute Gasteiger partial charge is 0.254 e. The fraction of sp³-hybridized carbons (Fsp3) is 0.278. The number of amides is 1. The highest BCUT2D eigenvalue weighted by Crippen LogP contribution is 2.25. The Morgan fingerprint density at radius 3 is 2.55 bits per heavy atom. The minimum Gasteiger partial charge on any atom is -0.497 e. The molecule has 4 nitrogen and oxygen atoms in total. The summed E-state index contributed by atoms with van der Waals surface area (Å²) in [4.78, 5) is 14.4. The highest BCUT2D eigenvalue weighted by molar-refractivity contribution is 5.94. The molecular weight excluding hydrogens is 278 g/mol. The molecule has 1 saturated heterocycles. The fourth-order valence-corrected chi connectivity index (χ4v) is 2.62. The zero-order valence-corrected chi connectivity index (χ0v) is 12.6. The van der Waals surface area contributed by atoms with Crippen LogP contribution in [0.3, 0.4) is 0 Å². The molecule has 1 atom stereocenters. The third kappa shape index (κ3) is 3.12. The van der Waals surface area contributed by atoms with Crippen molar-refractivity contribution < 1.29 is 14.3 Å². The van der Waals surface area contributed by atoms with Gasteiger partial charge in [0.25, 0.3) is 5.91 Å². The molecule has 1 amide bonds. The summed E-state index contributed by atoms with van der Waals surface area (Å²) in [7, 11) is 1.65. The number of benzene rings is 2. The number of morpholine rings is 1. The van der Waals surface area contributed by atoms with E-state index in [1.807, 2.05) is 59.5 Å². The average Bonchev–Trinajstić information content (AvgIpc) is 2.62. The van der Waals surface area contributed by atoms with Crippen molar-refractivity contribution in [1.82, 2.24) is 4.90 Å². The van der Waals surface area contributed by atoms with Crippen LogP contribution < -0.4 is 4.74 Å². The Morgan fingerprint density at radius 2 is 1.86 bits per heavy atom. The third-order valence-corrected chi connectivity index (χ3v) is 3.86. The summed E-state index contributed by atoms with van der Waals surface area (Å²) in [6.45, 7) is 1.75. The Hall–Kier alpha value is -2.33. The number of nitrogens with zero attached hydrogens (tertiary/aromatic N) is 1. The van der Waals surface area contributed by atoms with Gasteiger partial charge in [-0.25, -0.2) is 0 Å².